The van der Waals surface area contributed by atoms with Gasteiger partial charge in [-0.2, -0.15) is 25.3 Å². The van der Waals surface area contributed by atoms with E-state index in [1.54, 1.807) is 65.8 Å². The van der Waals surface area contributed by atoms with Crippen LogP contribution in [0.4, 0.5) is 0 Å². The van der Waals surface area contributed by atoms with Gasteiger partial charge in [0.25, 0.3) is 0 Å². The molecule has 2 aromatic heterocycles. The molecule has 0 unspecified atom stereocenters. The first kappa shape index (κ1) is 113. The van der Waals surface area contributed by atoms with Crippen LogP contribution in [0.3, 0.4) is 0 Å². The van der Waals surface area contributed by atoms with Crippen LogP contribution < -0.4 is 97.0 Å². The van der Waals surface area contributed by atoms with Gasteiger partial charge in [0.2, 0.25) is 100 Å². The van der Waals surface area contributed by atoms with Crippen molar-refractivity contribution in [3.8, 4) is 11.5 Å². The second kappa shape index (κ2) is 55.7. The molecule has 50 heteroatoms. The van der Waals surface area contributed by atoms with E-state index in [0.29, 0.717) is 22.0 Å². The van der Waals surface area contributed by atoms with Crippen molar-refractivity contribution < 1.29 is 132 Å². The number of hydrogen-bond acceptors (Lipinski definition) is 28. The number of hydrogen-bond donors (Lipinski definition) is 29. The van der Waals surface area contributed by atoms with Gasteiger partial charge in [0.15, 0.2) is 0 Å². The molecular formula is C87H123N21O27S2. The predicted molar refractivity (Wildman–Crippen MR) is 494 cm³/mol. The number of carbonyl (C=O) groups excluding carboxylic acids is 17. The van der Waals surface area contributed by atoms with E-state index in [-0.39, 0.29) is 60.1 Å². The van der Waals surface area contributed by atoms with Gasteiger partial charge in [0.1, 0.15) is 102 Å². The summed E-state index contributed by atoms with van der Waals surface area (Å²) in [5.41, 5.74) is 18.1. The Hall–Kier alpha value is -14.0. The normalized spacial score (nSPS) is 15.2. The van der Waals surface area contributed by atoms with Crippen LogP contribution >= 0.6 is 25.3 Å². The fraction of sp³-hybridized carbons (Fsp3) is 0.506. The van der Waals surface area contributed by atoms with Gasteiger partial charge in [-0.3, -0.25) is 91.1 Å². The molecule has 137 heavy (non-hydrogen) atoms. The first-order valence-electron chi connectivity index (χ1n) is 43.7. The van der Waals surface area contributed by atoms with Gasteiger partial charge >= 0.3 is 17.9 Å². The maximum absolute atomic E-state index is 15.2. The third kappa shape index (κ3) is 37.0. The van der Waals surface area contributed by atoms with E-state index in [9.17, 15) is 112 Å². The average Bonchev–Trinajstić information content (AvgIpc) is 1.63. The van der Waals surface area contributed by atoms with E-state index >= 15 is 19.2 Å². The maximum atomic E-state index is 15.2. The van der Waals surface area contributed by atoms with E-state index < -0.39 is 303 Å². The number of phenols is 2. The summed E-state index contributed by atoms with van der Waals surface area (Å²) in [6.45, 7) is 10.5. The number of carboxylic acids is 3. The molecule has 0 aliphatic heterocycles. The van der Waals surface area contributed by atoms with Gasteiger partial charge < -0.3 is 143 Å². The molecule has 750 valence electrons. The minimum Gasteiger partial charge on any atom is -0.508 e. The lowest BCUT2D eigenvalue weighted by molar-refractivity contribution is -0.142. The van der Waals surface area contributed by atoms with E-state index in [1.165, 1.54) is 81.1 Å². The van der Waals surface area contributed by atoms with E-state index in [0.717, 1.165) is 0 Å². The Bertz CT molecular complexity index is 5050. The molecule has 0 spiro atoms. The van der Waals surface area contributed by atoms with E-state index in [2.05, 4.69) is 120 Å². The summed E-state index contributed by atoms with van der Waals surface area (Å²) in [7, 11) is 0. The number of rotatable bonds is 59. The second-order valence-electron chi connectivity index (χ2n) is 33.5. The molecule has 48 nitrogen and oxygen atoms in total. The lowest BCUT2D eigenvalue weighted by atomic mass is 9.95. The van der Waals surface area contributed by atoms with Crippen LogP contribution in [0.15, 0.2) is 91.5 Å². The molecule has 30 N–H and O–H groups in total. The summed E-state index contributed by atoms with van der Waals surface area (Å²) in [6.07, 6.45) is -2.04. The summed E-state index contributed by atoms with van der Waals surface area (Å²) in [5.74, 6) is -28.1. The number of aromatic hydroxyl groups is 2. The molecule has 0 radical (unpaired) electrons. The number of H-pyrrole nitrogens is 2. The number of thiol groups is 2. The van der Waals surface area contributed by atoms with Crippen LogP contribution in [0.1, 0.15) is 129 Å². The highest BCUT2D eigenvalue weighted by Gasteiger charge is 2.42. The van der Waals surface area contributed by atoms with Crippen molar-refractivity contribution in [2.45, 2.75) is 229 Å². The summed E-state index contributed by atoms with van der Waals surface area (Å²) in [5, 5.41) is 108. The topological polar surface area (TPSA) is 786 Å². The molecule has 18 atom stereocenters. The molecule has 0 bridgehead atoms. The summed E-state index contributed by atoms with van der Waals surface area (Å²) < 4.78 is 0. The number of benzene rings is 3. The summed E-state index contributed by atoms with van der Waals surface area (Å²) in [4.78, 5) is 286. The van der Waals surface area contributed by atoms with Gasteiger partial charge in [-0.1, -0.05) is 111 Å². The van der Waals surface area contributed by atoms with Crippen molar-refractivity contribution in [2.75, 3.05) is 24.7 Å². The zero-order valence-corrected chi connectivity index (χ0v) is 78.2. The first-order valence-corrected chi connectivity index (χ1v) is 45.0. The Morgan fingerprint density at radius 2 is 0.766 bits per heavy atom. The zero-order valence-electron chi connectivity index (χ0n) is 76.4. The lowest BCUT2D eigenvalue weighted by Gasteiger charge is -2.31. The molecule has 17 amide bonds. The van der Waals surface area contributed by atoms with Crippen LogP contribution in [-0.2, 0) is 122 Å². The Kier molecular flexibility index (Phi) is 46.2. The number of aliphatic hydroxyl groups is 2. The summed E-state index contributed by atoms with van der Waals surface area (Å²) in [6, 6.07) is -10.7. The fourth-order valence-corrected chi connectivity index (χ4v) is 14.3. The minimum atomic E-state index is -2.23. The number of nitrogens with one attached hydrogen (secondary N) is 17. The largest absolute Gasteiger partial charge is 0.508 e. The van der Waals surface area contributed by atoms with Gasteiger partial charge in [0.05, 0.1) is 44.8 Å². The number of aliphatic hydroxyl groups excluding tert-OH is 2. The maximum Gasteiger partial charge on any atom is 0.327 e. The number of para-hydroxylation sites is 1. The standard InChI is InChI=1S/C87H123N21O27S2/c1-9-42(7)70(107-80(127)56(27-45-17-21-49(112)22-18-45)100-85(132)71(43(8)10-2)108-83(130)63(37-136)104-73(120)53(23-24-67(115)116)94-81(128)62(36-110)103-84(131)69(41(5)6)106-72(119)51(88)30-65(89)113)86(133)101-58(29-47-34-91-39-93-47)77(124)96-55(26-44-15-19-48(111)20-16-44)75(122)99-60(32-68(117)118)79(126)98-59(31-66(90)114)78(125)97-57(28-46-33-92-52-14-12-11-13-50(46)52)76(123)102-61(35-109)82(129)95-54(25-40(3)4)74(121)105-64(38-137)87(134)135/h11-22,33-34,39-43,51,53-64,69-71,92,109-112,136-137H,9-10,23-32,35-38,88H2,1-8H3,(H2,89,113)(H2,90,114)(H,91,93)(H,94,128)(H,95,129)(H,96,124)(H,97,125)(H,98,126)(H,99,122)(H,100,132)(H,101,133)(H,102,123)(H,103,131)(H,104,120)(H,105,121)(H,106,119)(H,107,127)(H,108,130)(H,115,116)(H,117,118)(H,134,135)/t42-,43-,51-,53-,54-,55-,56-,57-,58-,59-,60-,61-,62-,63-,64-,69-,70-,71-/m0/s1. The highest BCUT2D eigenvalue weighted by molar-refractivity contribution is 7.80. The van der Waals surface area contributed by atoms with Gasteiger partial charge in [-0.05, 0) is 83.5 Å². The van der Waals surface area contributed by atoms with E-state index in [1.807, 2.05) is 0 Å². The number of primary amides is 2. The smallest absolute Gasteiger partial charge is 0.327 e. The van der Waals surface area contributed by atoms with E-state index in [4.69, 9.17) is 17.2 Å². The monoisotopic (exact) mass is 1960 g/mol. The van der Waals surface area contributed by atoms with Gasteiger partial charge in [0, 0.05) is 72.6 Å². The van der Waals surface area contributed by atoms with Crippen LogP contribution in [0.2, 0.25) is 0 Å². The molecule has 0 aliphatic carbocycles. The van der Waals surface area contributed by atoms with Gasteiger partial charge in [-0.15, -0.1) is 0 Å². The SMILES string of the molecule is CC[C@H](C)[C@H](NC(=O)[C@H](Cc1ccc(O)cc1)NC(=O)[C@@H](NC(=O)[C@H](CS)NC(=O)[C@H](CCC(=O)O)NC(=O)[C@H](CO)NC(=O)[C@@H](NC(=O)[C@@H](N)CC(N)=O)C(C)C)[C@@H](C)CC)C(=O)N[C@@H](Cc1cnc[nH]1)C(=O)N[C@@H](Cc1ccc(O)cc1)C(=O)N[C@@H](CC(=O)O)C(=O)N[C@@H](CC(N)=O)C(=O)N[C@@H](Cc1c[nH]c2ccccc12)C(=O)N[C@@H](CO)C(=O)N[C@@H](CC(C)C)C(=O)N[C@@H](CS)C(=O)O. The van der Waals surface area contributed by atoms with Crippen molar-refractivity contribution in [1.29, 1.82) is 0 Å². The number of nitrogens with zero attached hydrogens (tertiary/aromatic N) is 1. The van der Waals surface area contributed by atoms with Crippen LogP contribution in [-0.4, -0.2) is 290 Å². The van der Waals surface area contributed by atoms with Crippen LogP contribution in [0.5, 0.6) is 11.5 Å². The Labute approximate surface area is 797 Å². The molecule has 5 aromatic rings. The number of carboxylic acid groups (broad SMARTS) is 3. The van der Waals surface area contributed by atoms with Crippen LogP contribution in [0, 0.1) is 23.7 Å². The van der Waals surface area contributed by atoms with Crippen LogP contribution in [0.25, 0.3) is 10.9 Å². The number of aromatic nitrogens is 3. The third-order valence-electron chi connectivity index (χ3n) is 21.9. The first-order chi connectivity index (χ1) is 64.6. The lowest BCUT2D eigenvalue weighted by Crippen LogP contribution is -2.63. The molecular weight excluding hydrogens is 1840 g/mol. The number of carbonyl (C=O) groups is 20. The highest BCUT2D eigenvalue weighted by Crippen LogP contribution is 2.22. The molecule has 2 heterocycles. The summed E-state index contributed by atoms with van der Waals surface area (Å²) >= 11 is 8.22. The van der Waals surface area contributed by atoms with Crippen molar-refractivity contribution in [3.63, 3.8) is 0 Å². The molecule has 0 aliphatic rings. The van der Waals surface area contributed by atoms with Crippen molar-refractivity contribution in [2.24, 2.45) is 40.9 Å². The Morgan fingerprint density at radius 3 is 1.20 bits per heavy atom. The molecule has 0 saturated carbocycles. The number of nitrogens with two attached hydrogens (primary N) is 3. The third-order valence-corrected chi connectivity index (χ3v) is 22.6. The predicted octanol–water partition coefficient (Wildman–Crippen LogP) is -6.01. The quantitative estimate of drug-likeness (QED) is 0.0161. The number of imidazole rings is 1. The highest BCUT2D eigenvalue weighted by atomic mass is 32.1. The number of phenolic OH excluding ortho intramolecular Hbond substituents is 2. The number of amides is 17. The average molecular weight is 1960 g/mol. The molecule has 0 saturated heterocycles. The number of aliphatic carboxylic acids is 3. The number of fused-ring (bicyclic) bond motifs is 1. The van der Waals surface area contributed by atoms with Gasteiger partial charge in [-0.25, -0.2) is 9.78 Å². The molecule has 3 aromatic carbocycles. The second-order valence-corrected chi connectivity index (χ2v) is 34.2. The molecule has 0 fully saturated rings. The number of aromatic amines is 2. The fourth-order valence-electron chi connectivity index (χ4n) is 13.8. The Morgan fingerprint density at radius 1 is 0.394 bits per heavy atom. The Balaban J connectivity index is 1.44. The zero-order chi connectivity index (χ0) is 102. The minimum absolute atomic E-state index is 0.0695. The van der Waals surface area contributed by atoms with Crippen molar-refractivity contribution in [1.82, 2.24) is 94.7 Å². The van der Waals surface area contributed by atoms with Crippen molar-refractivity contribution in [3.05, 3.63) is 114 Å². The van der Waals surface area contributed by atoms with Crippen molar-refractivity contribution >= 4 is 154 Å². The molecule has 5 rings (SSSR count).